The number of alkyl halides is 3. The molecule has 0 aromatic heterocycles. The Kier molecular flexibility index (Phi) is 8.44. The molecule has 5 nitrogen and oxygen atoms in total. The molecule has 1 saturated heterocycles. The Hall–Kier alpha value is -1.38. The summed E-state index contributed by atoms with van der Waals surface area (Å²) < 4.78 is 41.7. The predicted octanol–water partition coefficient (Wildman–Crippen LogP) is 5.27. The molecule has 0 spiro atoms. The first-order valence-electron chi connectivity index (χ1n) is 11.0. The molecule has 0 unspecified atom stereocenters. The van der Waals surface area contributed by atoms with E-state index in [2.05, 4.69) is 5.32 Å². The first-order chi connectivity index (χ1) is 15.1. The predicted molar refractivity (Wildman–Crippen MR) is 123 cm³/mol. The lowest BCUT2D eigenvalue weighted by Gasteiger charge is -2.44. The van der Waals surface area contributed by atoms with Crippen LogP contribution in [0, 0.1) is 5.92 Å². The van der Waals surface area contributed by atoms with E-state index in [-0.39, 0.29) is 35.2 Å². The Bertz CT molecular complexity index is 785. The minimum atomic E-state index is -4.37. The Balaban J connectivity index is 1.53. The van der Waals surface area contributed by atoms with Crippen molar-refractivity contribution in [2.45, 2.75) is 50.4 Å². The summed E-state index contributed by atoms with van der Waals surface area (Å²) in [7, 11) is 3.44. The van der Waals surface area contributed by atoms with Gasteiger partial charge in [0.1, 0.15) is 6.04 Å². The molecule has 1 aromatic carbocycles. The molecule has 180 valence electrons. The zero-order chi connectivity index (χ0) is 23.5. The van der Waals surface area contributed by atoms with Crippen LogP contribution >= 0.6 is 23.2 Å². The zero-order valence-electron chi connectivity index (χ0n) is 18.5. The maximum Gasteiger partial charge on any atom is 0.409 e. The molecule has 2 fully saturated rings. The monoisotopic (exact) mass is 494 g/mol. The smallest absolute Gasteiger partial charge is 0.356 e. The van der Waals surface area contributed by atoms with Crippen LogP contribution in [0.1, 0.15) is 32.1 Å². The highest BCUT2D eigenvalue weighted by atomic mass is 35.5. The number of nitrogens with zero attached hydrogens (tertiary/aromatic N) is 3. The third kappa shape index (κ3) is 6.35. The summed E-state index contributed by atoms with van der Waals surface area (Å²) in [6, 6.07) is 3.28. The van der Waals surface area contributed by atoms with Gasteiger partial charge in [0.05, 0.1) is 15.7 Å². The fourth-order valence-electron chi connectivity index (χ4n) is 4.59. The highest BCUT2D eigenvalue weighted by Crippen LogP contribution is 2.38. The fraction of sp³-hybridized carbons (Fsp3) is 0.682. The van der Waals surface area contributed by atoms with E-state index in [0.717, 1.165) is 32.1 Å². The molecule has 1 N–H and O–H groups in total. The van der Waals surface area contributed by atoms with Gasteiger partial charge in [0, 0.05) is 39.8 Å². The molecule has 0 radical (unpaired) electrons. The number of rotatable bonds is 5. The summed E-state index contributed by atoms with van der Waals surface area (Å²) in [5.74, 6) is 0.479. The number of carbonyl (C=O) groups excluding carboxylic acids is 1. The number of hydrogen-bond acceptors (Lipinski definition) is 3. The van der Waals surface area contributed by atoms with Gasteiger partial charge in [-0.1, -0.05) is 29.3 Å². The fourth-order valence-corrected chi connectivity index (χ4v) is 4.99. The van der Waals surface area contributed by atoms with Crippen LogP contribution in [-0.4, -0.2) is 74.4 Å². The van der Waals surface area contributed by atoms with Crippen molar-refractivity contribution in [2.24, 2.45) is 5.92 Å². The molecule has 32 heavy (non-hydrogen) atoms. The SMILES string of the molecule is CN(C)C(=O)NC1CCC(CCN2CCN(c3cccc(Cl)c3Cl)[C@@H](C(F)(F)F)C2)CC1. The van der Waals surface area contributed by atoms with E-state index < -0.39 is 12.2 Å². The van der Waals surface area contributed by atoms with E-state index in [1.54, 1.807) is 32.3 Å². The number of nitrogens with one attached hydrogen (secondary N) is 1. The maximum absolute atomic E-state index is 13.9. The van der Waals surface area contributed by atoms with Crippen molar-refractivity contribution in [3.63, 3.8) is 0 Å². The van der Waals surface area contributed by atoms with Gasteiger partial charge >= 0.3 is 12.2 Å². The second-order valence-corrected chi connectivity index (χ2v) is 9.76. The number of hydrogen-bond donors (Lipinski definition) is 1. The lowest BCUT2D eigenvalue weighted by Crippen LogP contribution is -2.59. The molecule has 1 aliphatic heterocycles. The maximum atomic E-state index is 13.9. The summed E-state index contributed by atoms with van der Waals surface area (Å²) in [5.41, 5.74) is 0.333. The second-order valence-electron chi connectivity index (χ2n) is 8.97. The summed E-state index contributed by atoms with van der Waals surface area (Å²) in [5, 5.41) is 3.44. The van der Waals surface area contributed by atoms with E-state index in [1.165, 1.54) is 9.80 Å². The molecular formula is C22H31Cl2F3N4O. The largest absolute Gasteiger partial charge is 0.409 e. The van der Waals surface area contributed by atoms with Crippen LogP contribution in [0.4, 0.5) is 23.7 Å². The zero-order valence-corrected chi connectivity index (χ0v) is 20.0. The molecular weight excluding hydrogens is 464 g/mol. The van der Waals surface area contributed by atoms with Crippen LogP contribution in [0.25, 0.3) is 0 Å². The third-order valence-corrected chi connectivity index (χ3v) is 7.33. The molecule has 1 saturated carbocycles. The van der Waals surface area contributed by atoms with Crippen molar-refractivity contribution in [1.29, 1.82) is 0 Å². The van der Waals surface area contributed by atoms with Gasteiger partial charge < -0.3 is 15.1 Å². The summed E-state index contributed by atoms with van der Waals surface area (Å²) in [4.78, 5) is 16.6. The van der Waals surface area contributed by atoms with E-state index >= 15 is 0 Å². The van der Waals surface area contributed by atoms with Gasteiger partial charge in [-0.25, -0.2) is 4.79 Å². The van der Waals surface area contributed by atoms with Crippen molar-refractivity contribution in [1.82, 2.24) is 15.1 Å². The first kappa shape index (κ1) is 25.2. The summed E-state index contributed by atoms with van der Waals surface area (Å²) in [6.45, 7) is 1.35. The minimum absolute atomic E-state index is 0.0793. The molecule has 2 aliphatic rings. The number of benzene rings is 1. The number of piperazine rings is 1. The molecule has 3 rings (SSSR count). The third-order valence-electron chi connectivity index (χ3n) is 6.52. The lowest BCUT2D eigenvalue weighted by molar-refractivity contribution is -0.156. The van der Waals surface area contributed by atoms with Crippen LogP contribution in [-0.2, 0) is 0 Å². The summed E-state index contributed by atoms with van der Waals surface area (Å²) in [6.07, 6.45) is 0.301. The molecule has 2 amide bonds. The first-order valence-corrected chi connectivity index (χ1v) is 11.8. The second kappa shape index (κ2) is 10.7. The average molecular weight is 495 g/mol. The van der Waals surface area contributed by atoms with Crippen LogP contribution in [0.2, 0.25) is 10.0 Å². The quantitative estimate of drug-likeness (QED) is 0.606. The van der Waals surface area contributed by atoms with Gasteiger partial charge in [-0.3, -0.25) is 4.90 Å². The highest BCUT2D eigenvalue weighted by Gasteiger charge is 2.47. The Labute approximate surface area is 197 Å². The number of urea groups is 1. The van der Waals surface area contributed by atoms with Gasteiger partial charge in [-0.05, 0) is 56.7 Å². The van der Waals surface area contributed by atoms with Crippen molar-refractivity contribution in [3.8, 4) is 0 Å². The molecule has 1 atom stereocenters. The Morgan fingerprint density at radius 1 is 1.16 bits per heavy atom. The van der Waals surface area contributed by atoms with Gasteiger partial charge in [0.15, 0.2) is 0 Å². The Morgan fingerprint density at radius 2 is 1.84 bits per heavy atom. The van der Waals surface area contributed by atoms with Crippen LogP contribution < -0.4 is 10.2 Å². The Morgan fingerprint density at radius 3 is 2.47 bits per heavy atom. The normalized spacial score (nSPS) is 25.0. The molecule has 1 aliphatic carbocycles. The molecule has 1 heterocycles. The van der Waals surface area contributed by atoms with E-state index in [0.29, 0.717) is 24.7 Å². The van der Waals surface area contributed by atoms with Crippen LogP contribution in [0.15, 0.2) is 18.2 Å². The van der Waals surface area contributed by atoms with E-state index in [9.17, 15) is 18.0 Å². The minimum Gasteiger partial charge on any atom is -0.356 e. The van der Waals surface area contributed by atoms with Gasteiger partial charge in [-0.2, -0.15) is 13.2 Å². The number of anilines is 1. The van der Waals surface area contributed by atoms with Crippen molar-refractivity contribution in [3.05, 3.63) is 28.2 Å². The molecule has 10 heteroatoms. The number of amides is 2. The lowest BCUT2D eigenvalue weighted by atomic mass is 9.84. The molecule has 1 aromatic rings. The summed E-state index contributed by atoms with van der Waals surface area (Å²) >= 11 is 12.3. The van der Waals surface area contributed by atoms with Crippen molar-refractivity contribution >= 4 is 34.9 Å². The standard InChI is InChI=1S/C22H31Cl2F3N4O/c1-29(2)21(32)28-16-8-6-15(7-9-16)10-11-30-12-13-31(19(14-30)22(25,26)27)18-5-3-4-17(23)20(18)24/h3-5,15-16,19H,6-14H2,1-2H3,(H,28,32)/t15?,16?,19-/m1/s1. The van der Waals surface area contributed by atoms with E-state index in [4.69, 9.17) is 23.2 Å². The number of carbonyl (C=O) groups is 1. The molecule has 0 bridgehead atoms. The van der Waals surface area contributed by atoms with Crippen molar-refractivity contribution < 1.29 is 18.0 Å². The average Bonchev–Trinajstić information content (AvgIpc) is 2.74. The number of halogens is 5. The van der Waals surface area contributed by atoms with Crippen LogP contribution in [0.3, 0.4) is 0 Å². The van der Waals surface area contributed by atoms with Crippen molar-refractivity contribution in [2.75, 3.05) is 45.2 Å². The van der Waals surface area contributed by atoms with E-state index in [1.807, 2.05) is 4.90 Å². The van der Waals surface area contributed by atoms with Crippen LogP contribution in [0.5, 0.6) is 0 Å². The van der Waals surface area contributed by atoms with Gasteiger partial charge in [-0.15, -0.1) is 0 Å². The topological polar surface area (TPSA) is 38.8 Å². The van der Waals surface area contributed by atoms with Gasteiger partial charge in [0.2, 0.25) is 0 Å². The van der Waals surface area contributed by atoms with Gasteiger partial charge in [0.25, 0.3) is 0 Å². The highest BCUT2D eigenvalue weighted by molar-refractivity contribution is 6.43.